The van der Waals surface area contributed by atoms with E-state index >= 15 is 0 Å². The summed E-state index contributed by atoms with van der Waals surface area (Å²) in [6.07, 6.45) is 4.96. The van der Waals surface area contributed by atoms with Crippen LogP contribution in [0.2, 0.25) is 0 Å². The highest BCUT2D eigenvalue weighted by molar-refractivity contribution is 5.39. The molecular weight excluding hydrogens is 210 g/mol. The van der Waals surface area contributed by atoms with Crippen molar-refractivity contribution >= 4 is 0 Å². The van der Waals surface area contributed by atoms with Crippen LogP contribution in [0.15, 0.2) is 24.3 Å². The van der Waals surface area contributed by atoms with Gasteiger partial charge in [-0.05, 0) is 45.0 Å². The Kier molecular flexibility index (Phi) is 2.62. The molecule has 1 aliphatic heterocycles. The summed E-state index contributed by atoms with van der Waals surface area (Å²) >= 11 is 0. The molecule has 1 unspecified atom stereocenters. The van der Waals surface area contributed by atoms with Crippen LogP contribution in [0.1, 0.15) is 24.8 Å². The van der Waals surface area contributed by atoms with Gasteiger partial charge in [-0.3, -0.25) is 0 Å². The molecule has 1 aromatic carbocycles. The zero-order valence-corrected chi connectivity index (χ0v) is 10.8. The van der Waals surface area contributed by atoms with E-state index in [9.17, 15) is 0 Å². The fraction of sp³-hybridized carbons (Fsp3) is 0.600. The second kappa shape index (κ2) is 4.02. The number of benzene rings is 1. The molecule has 3 rings (SSSR count). The number of rotatable bonds is 2. The maximum absolute atomic E-state index is 6.34. The number of ether oxygens (including phenoxy) is 1. The van der Waals surface area contributed by atoms with Crippen molar-refractivity contribution in [1.29, 1.82) is 0 Å². The van der Waals surface area contributed by atoms with Crippen LogP contribution in [-0.2, 0) is 6.42 Å². The fourth-order valence-corrected chi connectivity index (χ4v) is 3.51. The summed E-state index contributed by atoms with van der Waals surface area (Å²) in [4.78, 5) is 2.30. The molecule has 0 N–H and O–H groups in total. The molecule has 0 bridgehead atoms. The summed E-state index contributed by atoms with van der Waals surface area (Å²) in [5.41, 5.74) is 1.51. The second-order valence-corrected chi connectivity index (χ2v) is 5.80. The van der Waals surface area contributed by atoms with Crippen LogP contribution in [-0.4, -0.2) is 31.1 Å². The van der Waals surface area contributed by atoms with Crippen molar-refractivity contribution < 1.29 is 4.74 Å². The van der Waals surface area contributed by atoms with Gasteiger partial charge in [0.25, 0.3) is 0 Å². The van der Waals surface area contributed by atoms with Gasteiger partial charge in [0.05, 0.1) is 0 Å². The van der Waals surface area contributed by atoms with Gasteiger partial charge in [-0.15, -0.1) is 0 Å². The van der Waals surface area contributed by atoms with Crippen molar-refractivity contribution in [3.05, 3.63) is 29.8 Å². The molecule has 1 aliphatic carbocycles. The minimum absolute atomic E-state index is 0.105. The molecule has 1 saturated carbocycles. The quantitative estimate of drug-likeness (QED) is 0.776. The molecule has 2 nitrogen and oxygen atoms in total. The highest BCUT2D eigenvalue weighted by Crippen LogP contribution is 2.47. The Labute approximate surface area is 104 Å². The van der Waals surface area contributed by atoms with Gasteiger partial charge in [-0.25, -0.2) is 0 Å². The summed E-state index contributed by atoms with van der Waals surface area (Å²) in [6.45, 7) is 1.15. The minimum Gasteiger partial charge on any atom is -0.486 e. The van der Waals surface area contributed by atoms with Crippen molar-refractivity contribution in [1.82, 2.24) is 4.90 Å². The first-order chi connectivity index (χ1) is 8.20. The van der Waals surface area contributed by atoms with Gasteiger partial charge in [-0.1, -0.05) is 18.2 Å². The molecule has 0 amide bonds. The lowest BCUT2D eigenvalue weighted by Gasteiger charge is -2.32. The van der Waals surface area contributed by atoms with Crippen molar-refractivity contribution in [2.75, 3.05) is 20.6 Å². The molecule has 0 saturated heterocycles. The smallest absolute Gasteiger partial charge is 0.123 e. The van der Waals surface area contributed by atoms with Gasteiger partial charge >= 0.3 is 0 Å². The molecule has 1 heterocycles. The standard InChI is InChI=1S/C15H21NO/c1-16(2)11-13-7-5-9-15(13)10-12-6-3-4-8-14(12)17-15/h3-4,6,8,13H,5,7,9-11H2,1-2H3/t13?,15-/m1/s1. The van der Waals surface area contributed by atoms with Gasteiger partial charge in [0.2, 0.25) is 0 Å². The van der Waals surface area contributed by atoms with Crippen LogP contribution < -0.4 is 4.74 Å². The van der Waals surface area contributed by atoms with Gasteiger partial charge in [-0.2, -0.15) is 0 Å². The lowest BCUT2D eigenvalue weighted by atomic mass is 9.86. The number of hydrogen-bond donors (Lipinski definition) is 0. The number of hydrogen-bond acceptors (Lipinski definition) is 2. The SMILES string of the molecule is CN(C)CC1CCC[C@@]12Cc1ccccc1O2. The highest BCUT2D eigenvalue weighted by atomic mass is 16.5. The summed E-state index contributed by atoms with van der Waals surface area (Å²) in [5, 5.41) is 0. The van der Waals surface area contributed by atoms with Crippen LogP contribution in [0.3, 0.4) is 0 Å². The largest absolute Gasteiger partial charge is 0.486 e. The predicted octanol–water partition coefficient (Wildman–Crippen LogP) is 2.72. The molecule has 0 radical (unpaired) electrons. The normalized spacial score (nSPS) is 30.9. The van der Waals surface area contributed by atoms with Crippen LogP contribution >= 0.6 is 0 Å². The van der Waals surface area contributed by atoms with Crippen LogP contribution in [0.25, 0.3) is 0 Å². The molecule has 1 spiro atoms. The van der Waals surface area contributed by atoms with Crippen molar-refractivity contribution in [3.8, 4) is 5.75 Å². The summed E-state index contributed by atoms with van der Waals surface area (Å²) in [5.74, 6) is 1.81. The molecule has 2 heteroatoms. The van der Waals surface area contributed by atoms with Crippen molar-refractivity contribution in [3.63, 3.8) is 0 Å². The van der Waals surface area contributed by atoms with Gasteiger partial charge in [0, 0.05) is 18.9 Å². The van der Waals surface area contributed by atoms with E-state index in [1.165, 1.54) is 24.8 Å². The van der Waals surface area contributed by atoms with E-state index in [-0.39, 0.29) is 5.60 Å². The highest BCUT2D eigenvalue weighted by Gasteiger charge is 2.48. The Morgan fingerprint density at radius 3 is 2.94 bits per heavy atom. The number of para-hydroxylation sites is 1. The van der Waals surface area contributed by atoms with Crippen molar-refractivity contribution in [2.24, 2.45) is 5.92 Å². The minimum atomic E-state index is 0.105. The lowest BCUT2D eigenvalue weighted by molar-refractivity contribution is 0.0408. The Hall–Kier alpha value is -1.02. The van der Waals surface area contributed by atoms with Gasteiger partial charge in [0.1, 0.15) is 11.4 Å². The molecule has 1 aromatic rings. The van der Waals surface area contributed by atoms with Crippen LogP contribution in [0.4, 0.5) is 0 Å². The van der Waals surface area contributed by atoms with E-state index in [1.807, 2.05) is 0 Å². The monoisotopic (exact) mass is 231 g/mol. The van der Waals surface area contributed by atoms with E-state index in [2.05, 4.69) is 43.3 Å². The van der Waals surface area contributed by atoms with E-state index in [0.29, 0.717) is 5.92 Å². The maximum atomic E-state index is 6.34. The summed E-state index contributed by atoms with van der Waals surface area (Å²) < 4.78 is 6.34. The molecule has 92 valence electrons. The zero-order valence-electron chi connectivity index (χ0n) is 10.8. The molecule has 2 atom stereocenters. The number of nitrogens with zero attached hydrogens (tertiary/aromatic N) is 1. The van der Waals surface area contributed by atoms with E-state index in [1.54, 1.807) is 0 Å². The number of fused-ring (bicyclic) bond motifs is 1. The first-order valence-corrected chi connectivity index (χ1v) is 6.61. The molecular formula is C15H21NO. The predicted molar refractivity (Wildman–Crippen MR) is 69.4 cm³/mol. The van der Waals surface area contributed by atoms with Crippen LogP contribution in [0.5, 0.6) is 5.75 Å². The average molecular weight is 231 g/mol. The van der Waals surface area contributed by atoms with E-state index < -0.39 is 0 Å². The van der Waals surface area contributed by atoms with E-state index in [0.717, 1.165) is 18.7 Å². The van der Waals surface area contributed by atoms with Crippen molar-refractivity contribution in [2.45, 2.75) is 31.3 Å². The Balaban J connectivity index is 1.84. The summed E-state index contributed by atoms with van der Waals surface area (Å²) in [6, 6.07) is 8.54. The van der Waals surface area contributed by atoms with E-state index in [4.69, 9.17) is 4.74 Å². The van der Waals surface area contributed by atoms with Gasteiger partial charge < -0.3 is 9.64 Å². The zero-order chi connectivity index (χ0) is 11.9. The maximum Gasteiger partial charge on any atom is 0.123 e. The molecule has 0 aromatic heterocycles. The topological polar surface area (TPSA) is 12.5 Å². The Morgan fingerprint density at radius 2 is 2.18 bits per heavy atom. The first kappa shape index (κ1) is 11.1. The Bertz CT molecular complexity index is 388. The van der Waals surface area contributed by atoms with Gasteiger partial charge in [0.15, 0.2) is 0 Å². The summed E-state index contributed by atoms with van der Waals surface area (Å²) in [7, 11) is 4.32. The molecule has 1 fully saturated rings. The second-order valence-electron chi connectivity index (χ2n) is 5.80. The Morgan fingerprint density at radius 1 is 1.35 bits per heavy atom. The first-order valence-electron chi connectivity index (χ1n) is 6.61. The molecule has 2 aliphatic rings. The third kappa shape index (κ3) is 1.85. The lowest BCUT2D eigenvalue weighted by Crippen LogP contribution is -2.42. The average Bonchev–Trinajstić information content (AvgIpc) is 2.83. The molecule has 17 heavy (non-hydrogen) atoms. The third-order valence-corrected chi connectivity index (χ3v) is 4.26. The fourth-order valence-electron chi connectivity index (χ4n) is 3.51. The van der Waals surface area contributed by atoms with Crippen LogP contribution in [0, 0.1) is 5.92 Å². The third-order valence-electron chi connectivity index (χ3n) is 4.26.